The summed E-state index contributed by atoms with van der Waals surface area (Å²) >= 11 is 7.07. The summed E-state index contributed by atoms with van der Waals surface area (Å²) in [6.45, 7) is 10.4. The monoisotopic (exact) mass is 507 g/mol. The number of carbonyl (C=O) groups excluding carboxylic acids is 1. The van der Waals surface area contributed by atoms with Gasteiger partial charge in [0.05, 0.1) is 38.3 Å². The Morgan fingerprint density at radius 1 is 1.07 bits per heavy atom. The molecule has 8 heteroatoms. The lowest BCUT2D eigenvalue weighted by Gasteiger charge is -2.15. The molecule has 0 spiro atoms. The summed E-state index contributed by atoms with van der Waals surface area (Å²) in [6.07, 6.45) is 0. The lowest BCUT2D eigenvalue weighted by Crippen LogP contribution is -2.25. The summed E-state index contributed by atoms with van der Waals surface area (Å²) in [5.41, 5.74) is 5.68. The highest BCUT2D eigenvalue weighted by molar-refractivity contribution is 9.10. The van der Waals surface area contributed by atoms with E-state index in [1.165, 1.54) is 0 Å². The molecule has 0 saturated carbocycles. The molecule has 0 aliphatic carbocycles. The molecule has 0 fully saturated rings. The van der Waals surface area contributed by atoms with E-state index < -0.39 is 6.04 Å². The molecule has 2 aromatic heterocycles. The molecule has 1 aromatic carbocycles. The van der Waals surface area contributed by atoms with Crippen molar-refractivity contribution >= 4 is 43.5 Å². The van der Waals surface area contributed by atoms with Gasteiger partial charge in [-0.3, -0.25) is 14.2 Å². The second-order valence-electron chi connectivity index (χ2n) is 6.94. The van der Waals surface area contributed by atoms with Crippen molar-refractivity contribution < 1.29 is 4.79 Å². The van der Waals surface area contributed by atoms with Crippen LogP contribution in [0.3, 0.4) is 0 Å². The molecule has 0 aliphatic rings. The maximum Gasteiger partial charge on any atom is 0.248 e. The predicted molar refractivity (Wildman–Crippen MR) is 118 cm³/mol. The van der Waals surface area contributed by atoms with E-state index in [0.29, 0.717) is 6.54 Å². The fourth-order valence-corrected chi connectivity index (χ4v) is 3.67. The van der Waals surface area contributed by atoms with Crippen LogP contribution in [0.2, 0.25) is 0 Å². The molecule has 148 valence electrons. The third kappa shape index (κ3) is 4.07. The van der Waals surface area contributed by atoms with Crippen LogP contribution in [0.1, 0.15) is 41.3 Å². The van der Waals surface area contributed by atoms with E-state index >= 15 is 0 Å². The fraction of sp³-hybridized carbons (Fsp3) is 0.350. The Kier molecular flexibility index (Phi) is 6.09. The van der Waals surface area contributed by atoms with E-state index in [9.17, 15) is 4.79 Å². The first-order valence-corrected chi connectivity index (χ1v) is 10.6. The molecule has 1 N–H and O–H groups in total. The number of hydrogen-bond acceptors (Lipinski definition) is 3. The number of nitrogens with zero attached hydrogens (tertiary/aromatic N) is 4. The van der Waals surface area contributed by atoms with E-state index in [-0.39, 0.29) is 5.91 Å². The highest BCUT2D eigenvalue weighted by Gasteiger charge is 2.20. The van der Waals surface area contributed by atoms with Crippen molar-refractivity contribution in [3.8, 4) is 0 Å². The van der Waals surface area contributed by atoms with Crippen molar-refractivity contribution in [1.29, 1.82) is 0 Å². The lowest BCUT2D eigenvalue weighted by atomic mass is 10.2. The van der Waals surface area contributed by atoms with Gasteiger partial charge in [0.2, 0.25) is 5.91 Å². The highest BCUT2D eigenvalue weighted by Crippen LogP contribution is 2.24. The van der Waals surface area contributed by atoms with Crippen molar-refractivity contribution in [2.24, 2.45) is 0 Å². The third-order valence-electron chi connectivity index (χ3n) is 4.80. The van der Waals surface area contributed by atoms with Gasteiger partial charge in [0.15, 0.2) is 0 Å². The van der Waals surface area contributed by atoms with Gasteiger partial charge in [0.1, 0.15) is 6.04 Å². The number of amides is 1. The van der Waals surface area contributed by atoms with Crippen LogP contribution >= 0.6 is 31.9 Å². The highest BCUT2D eigenvalue weighted by atomic mass is 79.9. The molecule has 1 atom stereocenters. The molecule has 0 bridgehead atoms. The molecule has 2 heterocycles. The Bertz CT molecular complexity index is 1040. The Labute approximate surface area is 181 Å². The second kappa shape index (κ2) is 8.21. The maximum absolute atomic E-state index is 12.7. The van der Waals surface area contributed by atoms with Crippen molar-refractivity contribution in [2.75, 3.05) is 5.32 Å². The van der Waals surface area contributed by atoms with Crippen LogP contribution in [0.25, 0.3) is 0 Å². The van der Waals surface area contributed by atoms with Gasteiger partial charge in [-0.15, -0.1) is 0 Å². The Balaban J connectivity index is 1.75. The number of rotatable bonds is 5. The SMILES string of the molecule is Cc1nn(Cc2cccc(NC(=O)C(C)n3nc(C)c(Br)c3C)c2)c(C)c1Br. The number of benzene rings is 1. The second-order valence-corrected chi connectivity index (χ2v) is 8.52. The third-order valence-corrected chi connectivity index (χ3v) is 7.10. The number of aryl methyl sites for hydroxylation is 2. The van der Waals surface area contributed by atoms with Crippen molar-refractivity contribution in [3.05, 3.63) is 61.6 Å². The van der Waals surface area contributed by atoms with E-state index in [1.54, 1.807) is 4.68 Å². The number of carbonyl (C=O) groups is 1. The summed E-state index contributed by atoms with van der Waals surface area (Å²) in [5, 5.41) is 12.0. The van der Waals surface area contributed by atoms with E-state index in [0.717, 1.165) is 43.0 Å². The van der Waals surface area contributed by atoms with Gasteiger partial charge in [-0.25, -0.2) is 0 Å². The normalized spacial score (nSPS) is 12.2. The van der Waals surface area contributed by atoms with Gasteiger partial charge in [0.25, 0.3) is 0 Å². The molecule has 1 unspecified atom stereocenters. The number of hydrogen-bond donors (Lipinski definition) is 1. The summed E-state index contributed by atoms with van der Waals surface area (Å²) in [7, 11) is 0. The minimum atomic E-state index is -0.416. The lowest BCUT2D eigenvalue weighted by molar-refractivity contribution is -0.119. The van der Waals surface area contributed by atoms with Gasteiger partial charge in [-0.05, 0) is 84.2 Å². The summed E-state index contributed by atoms with van der Waals surface area (Å²) in [4.78, 5) is 12.7. The van der Waals surface area contributed by atoms with Crippen LogP contribution in [0.4, 0.5) is 5.69 Å². The molecule has 6 nitrogen and oxygen atoms in total. The first-order chi connectivity index (χ1) is 13.2. The molecular weight excluding hydrogens is 486 g/mol. The van der Waals surface area contributed by atoms with Gasteiger partial charge >= 0.3 is 0 Å². The average molecular weight is 509 g/mol. The largest absolute Gasteiger partial charge is 0.324 e. The summed E-state index contributed by atoms with van der Waals surface area (Å²) in [5.74, 6) is -0.107. The average Bonchev–Trinajstić information content (AvgIpc) is 3.06. The Hall–Kier alpha value is -1.93. The van der Waals surface area contributed by atoms with Gasteiger partial charge in [-0.2, -0.15) is 10.2 Å². The first kappa shape index (κ1) is 20.8. The Morgan fingerprint density at radius 2 is 1.71 bits per heavy atom. The molecule has 0 aliphatic heterocycles. The molecule has 28 heavy (non-hydrogen) atoms. The molecule has 1 amide bonds. The number of halogens is 2. The van der Waals surface area contributed by atoms with Crippen LogP contribution in [-0.4, -0.2) is 25.5 Å². The molecular formula is C20H23Br2N5O. The summed E-state index contributed by atoms with van der Waals surface area (Å²) in [6, 6.07) is 7.42. The topological polar surface area (TPSA) is 64.7 Å². The van der Waals surface area contributed by atoms with E-state index in [1.807, 2.05) is 63.6 Å². The van der Waals surface area contributed by atoms with Crippen LogP contribution in [0, 0.1) is 27.7 Å². The quantitative estimate of drug-likeness (QED) is 0.522. The van der Waals surface area contributed by atoms with Crippen molar-refractivity contribution in [2.45, 2.75) is 47.2 Å². The molecule has 0 radical (unpaired) electrons. The standard InChI is InChI=1S/C20H23Br2N5O/c1-11-18(21)13(3)26(24-11)10-16-7-6-8-17(9-16)23-20(28)15(5)27-14(4)19(22)12(2)25-27/h6-9,15H,10H2,1-5H3,(H,23,28). The zero-order valence-corrected chi connectivity index (χ0v) is 19.7. The predicted octanol–water partition coefficient (Wildman–Crippen LogP) is 5.09. The minimum absolute atomic E-state index is 0.107. The van der Waals surface area contributed by atoms with Gasteiger partial charge in [0, 0.05) is 5.69 Å². The number of anilines is 1. The van der Waals surface area contributed by atoms with Crippen LogP contribution in [0.5, 0.6) is 0 Å². The van der Waals surface area contributed by atoms with E-state index in [2.05, 4.69) is 47.4 Å². The maximum atomic E-state index is 12.7. The van der Waals surface area contributed by atoms with Crippen molar-refractivity contribution in [3.63, 3.8) is 0 Å². The Morgan fingerprint density at radius 3 is 2.29 bits per heavy atom. The molecule has 3 rings (SSSR count). The minimum Gasteiger partial charge on any atom is -0.324 e. The summed E-state index contributed by atoms with van der Waals surface area (Å²) < 4.78 is 5.66. The van der Waals surface area contributed by atoms with Crippen molar-refractivity contribution in [1.82, 2.24) is 19.6 Å². The zero-order chi connectivity index (χ0) is 20.6. The van der Waals surface area contributed by atoms with Crippen LogP contribution < -0.4 is 5.32 Å². The smallest absolute Gasteiger partial charge is 0.248 e. The number of aromatic nitrogens is 4. The van der Waals surface area contributed by atoms with E-state index in [4.69, 9.17) is 0 Å². The van der Waals surface area contributed by atoms with Crippen LogP contribution in [-0.2, 0) is 11.3 Å². The van der Waals surface area contributed by atoms with Gasteiger partial charge in [-0.1, -0.05) is 12.1 Å². The first-order valence-electron chi connectivity index (χ1n) is 8.99. The fourth-order valence-electron chi connectivity index (χ4n) is 3.13. The molecule has 0 saturated heterocycles. The van der Waals surface area contributed by atoms with Gasteiger partial charge < -0.3 is 5.32 Å². The van der Waals surface area contributed by atoms with Crippen LogP contribution in [0.15, 0.2) is 33.2 Å². The number of nitrogens with one attached hydrogen (secondary N) is 1. The molecule has 3 aromatic rings. The zero-order valence-electron chi connectivity index (χ0n) is 16.5.